The first-order valence-corrected chi connectivity index (χ1v) is 10.7. The molecule has 0 bridgehead atoms. The molecule has 5 nitrogen and oxygen atoms in total. The van der Waals surface area contributed by atoms with Crippen LogP contribution in [0.4, 0.5) is 5.69 Å². The highest BCUT2D eigenvalue weighted by molar-refractivity contribution is 5.96. The smallest absolute Gasteiger partial charge is 0.253 e. The number of carbonyl (C=O) groups is 2. The molecule has 162 valence electrons. The lowest BCUT2D eigenvalue weighted by molar-refractivity contribution is -0.115. The van der Waals surface area contributed by atoms with Crippen LogP contribution in [-0.4, -0.2) is 37.4 Å². The molecule has 0 aliphatic carbocycles. The van der Waals surface area contributed by atoms with Gasteiger partial charge in [-0.25, -0.2) is 0 Å². The molecule has 0 aliphatic heterocycles. The van der Waals surface area contributed by atoms with Gasteiger partial charge in [0.1, 0.15) is 0 Å². The lowest BCUT2D eigenvalue weighted by Gasteiger charge is -2.23. The summed E-state index contributed by atoms with van der Waals surface area (Å²) < 4.78 is 0. The van der Waals surface area contributed by atoms with Crippen LogP contribution in [0.1, 0.15) is 67.6 Å². The molecule has 2 rings (SSSR count). The summed E-state index contributed by atoms with van der Waals surface area (Å²) in [6, 6.07) is 15.8. The van der Waals surface area contributed by atoms with Crippen LogP contribution in [0, 0.1) is 5.92 Å². The van der Waals surface area contributed by atoms with Crippen LogP contribution < -0.4 is 10.6 Å². The molecule has 0 unspecified atom stereocenters. The van der Waals surface area contributed by atoms with Gasteiger partial charge in [0, 0.05) is 31.4 Å². The maximum atomic E-state index is 12.4. The van der Waals surface area contributed by atoms with Gasteiger partial charge < -0.3 is 15.5 Å². The highest BCUT2D eigenvalue weighted by Gasteiger charge is 2.17. The first-order chi connectivity index (χ1) is 14.2. The van der Waals surface area contributed by atoms with Gasteiger partial charge in [-0.2, -0.15) is 0 Å². The summed E-state index contributed by atoms with van der Waals surface area (Å²) in [5.41, 5.74) is 3.81. The minimum Gasteiger partial charge on any atom is -0.345 e. The Hall–Kier alpha value is -2.66. The molecule has 2 amide bonds. The van der Waals surface area contributed by atoms with Crippen molar-refractivity contribution in [3.8, 4) is 0 Å². The van der Waals surface area contributed by atoms with Crippen LogP contribution in [0.5, 0.6) is 0 Å². The van der Waals surface area contributed by atoms with Gasteiger partial charge in [-0.15, -0.1) is 0 Å². The van der Waals surface area contributed by atoms with E-state index in [1.165, 1.54) is 16.0 Å². The monoisotopic (exact) mass is 409 g/mol. The van der Waals surface area contributed by atoms with Crippen LogP contribution in [0.25, 0.3) is 0 Å². The van der Waals surface area contributed by atoms with Crippen LogP contribution in [-0.2, 0) is 4.79 Å². The second kappa shape index (κ2) is 10.9. The number of nitrogens with zero attached hydrogens (tertiary/aromatic N) is 1. The standard InChI is InChI=1S/C25H35N3O2/c1-7-18(4)19-8-10-20(11-9-19)24(17(2)3)26-16-23(29)27-22-14-12-21(13-15-22)25(30)28(5)6/h8-15,17-18,24,26H,7,16H2,1-6H3,(H,27,29)/t18-,24-/m0/s1. The van der Waals surface area contributed by atoms with Crippen molar-refractivity contribution >= 4 is 17.5 Å². The minimum absolute atomic E-state index is 0.0614. The molecule has 5 heteroatoms. The topological polar surface area (TPSA) is 61.4 Å². The normalized spacial score (nSPS) is 13.0. The Bertz CT molecular complexity index is 826. The Morgan fingerprint density at radius 3 is 1.97 bits per heavy atom. The number of anilines is 1. The summed E-state index contributed by atoms with van der Waals surface area (Å²) in [5.74, 6) is 0.732. The summed E-state index contributed by atoms with van der Waals surface area (Å²) in [5, 5.41) is 6.28. The molecular weight excluding hydrogens is 374 g/mol. The van der Waals surface area contributed by atoms with Crippen molar-refractivity contribution < 1.29 is 9.59 Å². The number of nitrogens with one attached hydrogen (secondary N) is 2. The van der Waals surface area contributed by atoms with Gasteiger partial charge in [0.2, 0.25) is 5.91 Å². The van der Waals surface area contributed by atoms with E-state index in [4.69, 9.17) is 0 Å². The number of amides is 2. The average molecular weight is 410 g/mol. The quantitative estimate of drug-likeness (QED) is 0.624. The van der Waals surface area contributed by atoms with E-state index in [1.807, 2.05) is 0 Å². The first kappa shape index (κ1) is 23.6. The lowest BCUT2D eigenvalue weighted by atomic mass is 9.92. The van der Waals surface area contributed by atoms with Crippen LogP contribution >= 0.6 is 0 Å². The van der Waals surface area contributed by atoms with E-state index in [-0.39, 0.29) is 24.4 Å². The second-order valence-corrected chi connectivity index (χ2v) is 8.40. The maximum Gasteiger partial charge on any atom is 0.253 e. The van der Waals surface area contributed by atoms with Crippen molar-refractivity contribution in [2.45, 2.75) is 46.1 Å². The van der Waals surface area contributed by atoms with Gasteiger partial charge in [-0.3, -0.25) is 9.59 Å². The maximum absolute atomic E-state index is 12.4. The molecule has 0 saturated heterocycles. The van der Waals surface area contributed by atoms with E-state index in [2.05, 4.69) is 62.6 Å². The molecule has 0 aromatic heterocycles. The second-order valence-electron chi connectivity index (χ2n) is 8.40. The molecule has 0 saturated carbocycles. The van der Waals surface area contributed by atoms with E-state index < -0.39 is 0 Å². The molecule has 2 N–H and O–H groups in total. The molecule has 2 aromatic carbocycles. The zero-order valence-electron chi connectivity index (χ0n) is 19.0. The molecular formula is C25H35N3O2. The number of rotatable bonds is 9. The zero-order valence-corrected chi connectivity index (χ0v) is 19.0. The van der Waals surface area contributed by atoms with Gasteiger partial charge in [-0.05, 0) is 53.6 Å². The molecule has 0 aliphatic rings. The Labute approximate surface area is 180 Å². The molecule has 2 aromatic rings. The Kier molecular flexibility index (Phi) is 8.60. The van der Waals surface area contributed by atoms with E-state index in [0.717, 1.165) is 6.42 Å². The largest absolute Gasteiger partial charge is 0.345 e. The van der Waals surface area contributed by atoms with E-state index in [0.29, 0.717) is 23.1 Å². The fraction of sp³-hybridized carbons (Fsp3) is 0.440. The van der Waals surface area contributed by atoms with Crippen LogP contribution in [0.2, 0.25) is 0 Å². The Balaban J connectivity index is 1.96. The molecule has 0 heterocycles. The number of benzene rings is 2. The van der Waals surface area contributed by atoms with Gasteiger partial charge in [0.25, 0.3) is 5.91 Å². The van der Waals surface area contributed by atoms with Crippen molar-refractivity contribution in [1.82, 2.24) is 10.2 Å². The van der Waals surface area contributed by atoms with E-state index >= 15 is 0 Å². The predicted octanol–water partition coefficient (Wildman–Crippen LogP) is 4.83. The molecule has 30 heavy (non-hydrogen) atoms. The summed E-state index contributed by atoms with van der Waals surface area (Å²) >= 11 is 0. The van der Waals surface area contributed by atoms with Gasteiger partial charge in [-0.1, -0.05) is 52.0 Å². The van der Waals surface area contributed by atoms with Crippen molar-refractivity contribution in [2.24, 2.45) is 5.92 Å². The van der Waals surface area contributed by atoms with Crippen molar-refractivity contribution in [3.05, 3.63) is 65.2 Å². The fourth-order valence-electron chi connectivity index (χ4n) is 3.37. The van der Waals surface area contributed by atoms with Crippen molar-refractivity contribution in [1.29, 1.82) is 0 Å². The molecule has 0 fully saturated rings. The summed E-state index contributed by atoms with van der Waals surface area (Å²) in [7, 11) is 3.43. The molecule has 0 spiro atoms. The van der Waals surface area contributed by atoms with Crippen LogP contribution in [0.15, 0.2) is 48.5 Å². The third-order valence-corrected chi connectivity index (χ3v) is 5.45. The van der Waals surface area contributed by atoms with Gasteiger partial charge in [0.05, 0.1) is 6.54 Å². The van der Waals surface area contributed by atoms with Crippen molar-refractivity contribution in [3.63, 3.8) is 0 Å². The van der Waals surface area contributed by atoms with E-state index in [9.17, 15) is 9.59 Å². The highest BCUT2D eigenvalue weighted by atomic mass is 16.2. The third-order valence-electron chi connectivity index (χ3n) is 5.45. The summed E-state index contributed by atoms with van der Waals surface area (Å²) in [6.07, 6.45) is 1.12. The minimum atomic E-state index is -0.108. The predicted molar refractivity (Wildman–Crippen MR) is 124 cm³/mol. The molecule has 2 atom stereocenters. The number of carbonyl (C=O) groups excluding carboxylic acids is 2. The third kappa shape index (κ3) is 6.42. The SMILES string of the molecule is CC[C@H](C)c1ccc([C@@H](NCC(=O)Nc2ccc(C(=O)N(C)C)cc2)C(C)C)cc1. The number of hydrogen-bond donors (Lipinski definition) is 2. The first-order valence-electron chi connectivity index (χ1n) is 10.7. The molecule has 0 radical (unpaired) electrons. The highest BCUT2D eigenvalue weighted by Crippen LogP contribution is 2.25. The Morgan fingerprint density at radius 1 is 0.900 bits per heavy atom. The number of hydrogen-bond acceptors (Lipinski definition) is 3. The lowest BCUT2D eigenvalue weighted by Crippen LogP contribution is -2.33. The zero-order chi connectivity index (χ0) is 22.3. The van der Waals surface area contributed by atoms with Crippen molar-refractivity contribution in [2.75, 3.05) is 26.0 Å². The summed E-state index contributed by atoms with van der Waals surface area (Å²) in [4.78, 5) is 25.9. The average Bonchev–Trinajstić information content (AvgIpc) is 2.73. The van der Waals surface area contributed by atoms with E-state index in [1.54, 1.807) is 38.4 Å². The van der Waals surface area contributed by atoms with Gasteiger partial charge in [0.15, 0.2) is 0 Å². The van der Waals surface area contributed by atoms with Crippen LogP contribution in [0.3, 0.4) is 0 Å². The van der Waals surface area contributed by atoms with Gasteiger partial charge >= 0.3 is 0 Å². The summed E-state index contributed by atoms with van der Waals surface area (Å²) in [6.45, 7) is 8.95. The fourth-order valence-corrected chi connectivity index (χ4v) is 3.37. The Morgan fingerprint density at radius 2 is 1.47 bits per heavy atom.